The number of nitrogens with one attached hydrogen (secondary N) is 1. The number of amides is 1. The minimum Gasteiger partial charge on any atom is -0.493 e. The Morgan fingerprint density at radius 2 is 2.14 bits per heavy atom. The van der Waals surface area contributed by atoms with Crippen LogP contribution in [0.25, 0.3) is 6.08 Å². The summed E-state index contributed by atoms with van der Waals surface area (Å²) in [5.74, 6) is 1.89. The van der Waals surface area contributed by atoms with Crippen LogP contribution >= 0.6 is 0 Å². The van der Waals surface area contributed by atoms with E-state index in [0.29, 0.717) is 17.2 Å². The van der Waals surface area contributed by atoms with Gasteiger partial charge in [-0.15, -0.1) is 0 Å². The third-order valence-electron chi connectivity index (χ3n) is 3.53. The van der Waals surface area contributed by atoms with Gasteiger partial charge in [-0.05, 0) is 23.8 Å². The van der Waals surface area contributed by atoms with Gasteiger partial charge in [-0.1, -0.05) is 0 Å². The van der Waals surface area contributed by atoms with E-state index in [9.17, 15) is 4.79 Å². The van der Waals surface area contributed by atoms with Gasteiger partial charge in [-0.3, -0.25) is 4.79 Å². The molecular formula is C15H18N2O4. The van der Waals surface area contributed by atoms with Crippen LogP contribution < -0.4 is 19.5 Å². The molecule has 0 aliphatic carbocycles. The van der Waals surface area contributed by atoms with E-state index in [-0.39, 0.29) is 12.7 Å². The molecule has 112 valence electrons. The van der Waals surface area contributed by atoms with Crippen LogP contribution in [0.15, 0.2) is 18.2 Å². The van der Waals surface area contributed by atoms with Crippen LogP contribution in [0, 0.1) is 0 Å². The maximum atomic E-state index is 12.1. The highest BCUT2D eigenvalue weighted by Crippen LogP contribution is 2.42. The van der Waals surface area contributed by atoms with E-state index in [2.05, 4.69) is 5.32 Å². The number of piperazine rings is 1. The van der Waals surface area contributed by atoms with Crippen molar-refractivity contribution in [1.29, 1.82) is 0 Å². The van der Waals surface area contributed by atoms with Crippen molar-refractivity contribution >= 4 is 12.0 Å². The number of methoxy groups -OCH3 is 1. The summed E-state index contributed by atoms with van der Waals surface area (Å²) in [5, 5.41) is 3.22. The highest BCUT2D eigenvalue weighted by Gasteiger charge is 2.19. The van der Waals surface area contributed by atoms with Crippen molar-refractivity contribution in [3.8, 4) is 17.2 Å². The zero-order chi connectivity index (χ0) is 14.7. The second-order valence-corrected chi connectivity index (χ2v) is 4.87. The molecule has 2 aliphatic rings. The van der Waals surface area contributed by atoms with Crippen molar-refractivity contribution in [2.45, 2.75) is 0 Å². The standard InChI is InChI=1S/C15H18N2O4/c1-19-12-8-11(9-13-15(12)21-10-20-13)2-3-14(18)17-6-4-16-5-7-17/h2-3,8-9,16H,4-7,10H2,1H3/b3-2+. The summed E-state index contributed by atoms with van der Waals surface area (Å²) in [6.45, 7) is 3.37. The third kappa shape index (κ3) is 2.95. The fraction of sp³-hybridized carbons (Fsp3) is 0.400. The Kier molecular flexibility index (Phi) is 3.96. The molecule has 2 heterocycles. The predicted molar refractivity (Wildman–Crippen MR) is 77.6 cm³/mol. The summed E-state index contributed by atoms with van der Waals surface area (Å²) < 4.78 is 16.0. The number of benzene rings is 1. The maximum Gasteiger partial charge on any atom is 0.246 e. The van der Waals surface area contributed by atoms with Crippen LogP contribution in [0.3, 0.4) is 0 Å². The first-order chi connectivity index (χ1) is 10.3. The van der Waals surface area contributed by atoms with Crippen LogP contribution in [-0.4, -0.2) is 50.9 Å². The van der Waals surface area contributed by atoms with E-state index in [0.717, 1.165) is 31.7 Å². The third-order valence-corrected chi connectivity index (χ3v) is 3.53. The Morgan fingerprint density at radius 1 is 1.33 bits per heavy atom. The van der Waals surface area contributed by atoms with E-state index < -0.39 is 0 Å². The number of fused-ring (bicyclic) bond motifs is 1. The minimum atomic E-state index is 0.0214. The lowest BCUT2D eigenvalue weighted by atomic mass is 10.1. The second-order valence-electron chi connectivity index (χ2n) is 4.87. The van der Waals surface area contributed by atoms with E-state index in [4.69, 9.17) is 14.2 Å². The van der Waals surface area contributed by atoms with Gasteiger partial charge in [0.05, 0.1) is 7.11 Å². The van der Waals surface area contributed by atoms with Gasteiger partial charge < -0.3 is 24.4 Å². The van der Waals surface area contributed by atoms with Gasteiger partial charge >= 0.3 is 0 Å². The van der Waals surface area contributed by atoms with Crippen LogP contribution in [0.5, 0.6) is 17.2 Å². The Labute approximate surface area is 123 Å². The molecule has 1 aromatic carbocycles. The first-order valence-corrected chi connectivity index (χ1v) is 6.93. The molecule has 6 nitrogen and oxygen atoms in total. The minimum absolute atomic E-state index is 0.0214. The number of carbonyl (C=O) groups excluding carboxylic acids is 1. The fourth-order valence-electron chi connectivity index (χ4n) is 2.40. The summed E-state index contributed by atoms with van der Waals surface area (Å²) in [4.78, 5) is 13.9. The lowest BCUT2D eigenvalue weighted by molar-refractivity contribution is -0.126. The molecule has 6 heteroatoms. The maximum absolute atomic E-state index is 12.1. The molecule has 0 aromatic heterocycles. The number of rotatable bonds is 3. The molecule has 0 radical (unpaired) electrons. The van der Waals surface area contributed by atoms with Gasteiger partial charge in [0.2, 0.25) is 18.4 Å². The van der Waals surface area contributed by atoms with E-state index in [1.165, 1.54) is 0 Å². The van der Waals surface area contributed by atoms with Crippen molar-refractivity contribution in [2.24, 2.45) is 0 Å². The van der Waals surface area contributed by atoms with Crippen molar-refractivity contribution in [2.75, 3.05) is 40.1 Å². The SMILES string of the molecule is COc1cc(/C=C/C(=O)N2CCNCC2)cc2c1OCO2. The molecule has 1 saturated heterocycles. The molecule has 0 spiro atoms. The van der Waals surface area contributed by atoms with Crippen molar-refractivity contribution in [3.05, 3.63) is 23.8 Å². The van der Waals surface area contributed by atoms with Gasteiger partial charge in [0, 0.05) is 32.3 Å². The molecule has 2 aliphatic heterocycles. The number of hydrogen-bond donors (Lipinski definition) is 1. The second kappa shape index (κ2) is 6.05. The Balaban J connectivity index is 1.75. The van der Waals surface area contributed by atoms with Crippen LogP contribution in [-0.2, 0) is 4.79 Å². The van der Waals surface area contributed by atoms with Crippen LogP contribution in [0.1, 0.15) is 5.56 Å². The highest BCUT2D eigenvalue weighted by molar-refractivity contribution is 5.92. The van der Waals surface area contributed by atoms with Crippen LogP contribution in [0.4, 0.5) is 0 Å². The Morgan fingerprint density at radius 3 is 2.90 bits per heavy atom. The quantitative estimate of drug-likeness (QED) is 0.837. The van der Waals surface area contributed by atoms with Gasteiger partial charge in [-0.2, -0.15) is 0 Å². The zero-order valence-corrected chi connectivity index (χ0v) is 11.9. The summed E-state index contributed by atoms with van der Waals surface area (Å²) in [6, 6.07) is 3.67. The van der Waals surface area contributed by atoms with E-state index >= 15 is 0 Å². The lowest BCUT2D eigenvalue weighted by Crippen LogP contribution is -2.45. The number of ether oxygens (including phenoxy) is 3. The largest absolute Gasteiger partial charge is 0.493 e. The molecule has 0 unspecified atom stereocenters. The smallest absolute Gasteiger partial charge is 0.246 e. The normalized spacial score (nSPS) is 17.3. The first-order valence-electron chi connectivity index (χ1n) is 6.93. The summed E-state index contributed by atoms with van der Waals surface area (Å²) >= 11 is 0. The first kappa shape index (κ1) is 13.8. The van der Waals surface area contributed by atoms with Crippen LogP contribution in [0.2, 0.25) is 0 Å². The average Bonchev–Trinajstić information content (AvgIpc) is 3.01. The van der Waals surface area contributed by atoms with Gasteiger partial charge in [0.25, 0.3) is 0 Å². The molecule has 1 aromatic rings. The Hall–Kier alpha value is -2.21. The van der Waals surface area contributed by atoms with Gasteiger partial charge in [0.15, 0.2) is 11.5 Å². The number of hydrogen-bond acceptors (Lipinski definition) is 5. The van der Waals surface area contributed by atoms with E-state index in [1.807, 2.05) is 17.0 Å². The molecule has 1 fully saturated rings. The molecule has 0 bridgehead atoms. The van der Waals surface area contributed by atoms with Gasteiger partial charge in [0.1, 0.15) is 0 Å². The number of carbonyl (C=O) groups is 1. The van der Waals surface area contributed by atoms with Crippen molar-refractivity contribution in [1.82, 2.24) is 10.2 Å². The topological polar surface area (TPSA) is 60.0 Å². The monoisotopic (exact) mass is 290 g/mol. The highest BCUT2D eigenvalue weighted by atomic mass is 16.7. The van der Waals surface area contributed by atoms with Crippen molar-refractivity contribution < 1.29 is 19.0 Å². The summed E-state index contributed by atoms with van der Waals surface area (Å²) in [6.07, 6.45) is 3.36. The molecule has 21 heavy (non-hydrogen) atoms. The fourth-order valence-corrected chi connectivity index (χ4v) is 2.40. The molecule has 1 N–H and O–H groups in total. The molecule has 3 rings (SSSR count). The average molecular weight is 290 g/mol. The lowest BCUT2D eigenvalue weighted by Gasteiger charge is -2.26. The molecule has 1 amide bonds. The van der Waals surface area contributed by atoms with Crippen molar-refractivity contribution in [3.63, 3.8) is 0 Å². The summed E-state index contributed by atoms with van der Waals surface area (Å²) in [5.41, 5.74) is 0.847. The predicted octanol–water partition coefficient (Wildman–Crippen LogP) is 0.869. The zero-order valence-electron chi connectivity index (χ0n) is 11.9. The molecule has 0 saturated carbocycles. The molecular weight excluding hydrogens is 272 g/mol. The molecule has 0 atom stereocenters. The number of nitrogens with zero attached hydrogens (tertiary/aromatic N) is 1. The van der Waals surface area contributed by atoms with E-state index in [1.54, 1.807) is 19.3 Å². The Bertz CT molecular complexity index is 565. The van der Waals surface area contributed by atoms with Gasteiger partial charge in [-0.25, -0.2) is 0 Å². The summed E-state index contributed by atoms with van der Waals surface area (Å²) in [7, 11) is 1.58.